The van der Waals surface area contributed by atoms with E-state index in [9.17, 15) is 9.59 Å². The number of nitrogens with zero attached hydrogens (tertiary/aromatic N) is 5. The summed E-state index contributed by atoms with van der Waals surface area (Å²) in [6.45, 7) is 15.0. The predicted molar refractivity (Wildman–Crippen MR) is 189 cm³/mol. The number of amides is 2. The van der Waals surface area contributed by atoms with Crippen LogP contribution in [0.3, 0.4) is 0 Å². The van der Waals surface area contributed by atoms with E-state index in [1.807, 2.05) is 37.6 Å². The van der Waals surface area contributed by atoms with E-state index in [1.165, 1.54) is 6.42 Å². The van der Waals surface area contributed by atoms with Gasteiger partial charge in [-0.3, -0.25) is 14.5 Å². The third-order valence-electron chi connectivity index (χ3n) is 9.60. The second-order valence-electron chi connectivity index (χ2n) is 13.6. The number of thiazole rings is 1. The van der Waals surface area contributed by atoms with Gasteiger partial charge in [-0.2, -0.15) is 0 Å². The van der Waals surface area contributed by atoms with Crippen molar-refractivity contribution in [2.45, 2.75) is 96.9 Å². The van der Waals surface area contributed by atoms with Crippen LogP contribution in [0.1, 0.15) is 82.9 Å². The van der Waals surface area contributed by atoms with Crippen LogP contribution < -0.4 is 15.5 Å². The Kier molecular flexibility index (Phi) is 12.3. The number of hydrogen-bond acceptors (Lipinski definition) is 9. The monoisotopic (exact) mass is 681 g/mol. The lowest BCUT2D eigenvalue weighted by atomic mass is 9.93. The van der Waals surface area contributed by atoms with Crippen LogP contribution in [-0.2, 0) is 16.0 Å². The fourth-order valence-electron chi connectivity index (χ4n) is 6.85. The van der Waals surface area contributed by atoms with Gasteiger partial charge < -0.3 is 25.0 Å². The van der Waals surface area contributed by atoms with Crippen LogP contribution in [0.2, 0.25) is 0 Å². The molecule has 5 heterocycles. The first-order valence-corrected chi connectivity index (χ1v) is 18.4. The zero-order chi connectivity index (χ0) is 34.3. The topological polar surface area (TPSA) is 107 Å². The van der Waals surface area contributed by atoms with Gasteiger partial charge in [0.15, 0.2) is 5.82 Å². The summed E-state index contributed by atoms with van der Waals surface area (Å²) < 4.78 is 20.9. The second kappa shape index (κ2) is 16.4. The molecule has 0 aliphatic carbocycles. The molecule has 262 valence electrons. The van der Waals surface area contributed by atoms with E-state index in [0.717, 1.165) is 54.3 Å². The summed E-state index contributed by atoms with van der Waals surface area (Å²) in [6, 6.07) is 9.49. The Morgan fingerprint density at radius 3 is 2.56 bits per heavy atom. The van der Waals surface area contributed by atoms with Crippen molar-refractivity contribution in [3.05, 3.63) is 52.9 Å². The van der Waals surface area contributed by atoms with E-state index in [2.05, 4.69) is 63.5 Å². The molecule has 3 atom stereocenters. The normalized spacial score (nSPS) is 21.8. The number of likely N-dealkylation sites (tertiary alicyclic amines) is 1. The molecule has 0 radical (unpaired) electrons. The van der Waals surface area contributed by atoms with Gasteiger partial charge in [0.25, 0.3) is 0 Å². The SMILES string of the molecule is CCC.Cc1ncsc1-c1ccc(C(C)NC(=O)C2CCCN2C(=O)Cc2cc(N3CCN(CC4(F)CCNCC4)C(C)C3)no2)cc1. The Morgan fingerprint density at radius 1 is 1.17 bits per heavy atom. The van der Waals surface area contributed by atoms with Crippen LogP contribution in [-0.4, -0.2) is 95.3 Å². The Morgan fingerprint density at radius 2 is 1.90 bits per heavy atom. The highest BCUT2D eigenvalue weighted by Gasteiger charge is 2.38. The number of halogens is 1. The van der Waals surface area contributed by atoms with E-state index in [4.69, 9.17) is 4.52 Å². The minimum Gasteiger partial charge on any atom is -0.359 e. The molecule has 3 unspecified atom stereocenters. The molecule has 3 aromatic rings. The van der Waals surface area contributed by atoms with E-state index < -0.39 is 11.7 Å². The maximum atomic E-state index is 15.3. The molecule has 10 nitrogen and oxygen atoms in total. The fourth-order valence-corrected chi connectivity index (χ4v) is 7.66. The third kappa shape index (κ3) is 8.81. The van der Waals surface area contributed by atoms with Crippen LogP contribution in [0.4, 0.5) is 10.2 Å². The first-order chi connectivity index (χ1) is 23.1. The number of carbonyl (C=O) groups excluding carboxylic acids is 2. The first-order valence-electron chi connectivity index (χ1n) is 17.5. The van der Waals surface area contributed by atoms with E-state index >= 15 is 4.39 Å². The molecule has 6 rings (SSSR count). The van der Waals surface area contributed by atoms with Gasteiger partial charge in [-0.05, 0) is 70.7 Å². The maximum absolute atomic E-state index is 15.3. The smallest absolute Gasteiger partial charge is 0.243 e. The van der Waals surface area contributed by atoms with Crippen LogP contribution in [0.15, 0.2) is 40.4 Å². The van der Waals surface area contributed by atoms with Gasteiger partial charge in [-0.25, -0.2) is 9.37 Å². The molecule has 12 heteroatoms. The highest BCUT2D eigenvalue weighted by Crippen LogP contribution is 2.30. The van der Waals surface area contributed by atoms with E-state index in [-0.39, 0.29) is 30.3 Å². The fraction of sp³-hybridized carbons (Fsp3) is 0.611. The summed E-state index contributed by atoms with van der Waals surface area (Å²) in [7, 11) is 0. The Balaban J connectivity index is 0.00000145. The number of alkyl halides is 1. The lowest BCUT2D eigenvalue weighted by molar-refractivity contribution is -0.138. The van der Waals surface area contributed by atoms with Gasteiger partial charge in [0.1, 0.15) is 17.5 Å². The van der Waals surface area contributed by atoms with Gasteiger partial charge in [-0.15, -0.1) is 11.3 Å². The van der Waals surface area contributed by atoms with Crippen molar-refractivity contribution >= 4 is 29.0 Å². The molecule has 0 bridgehead atoms. The molecular formula is C36H52FN7O3S. The minimum absolute atomic E-state index is 0.0543. The summed E-state index contributed by atoms with van der Waals surface area (Å²) in [4.78, 5) is 38.2. The second-order valence-corrected chi connectivity index (χ2v) is 14.4. The average Bonchev–Trinajstić information content (AvgIpc) is 3.84. The summed E-state index contributed by atoms with van der Waals surface area (Å²) in [5.74, 6) is 0.904. The molecule has 0 saturated carbocycles. The molecule has 48 heavy (non-hydrogen) atoms. The molecular weight excluding hydrogens is 630 g/mol. The van der Waals surface area contributed by atoms with Crippen molar-refractivity contribution < 1.29 is 18.5 Å². The standard InChI is InChI=1S/C33H44FN7O3S.C3H8/c1-22-19-39(15-16-40(22)20-33(34)10-12-35-13-11-33)29-17-27(44-38-29)18-30(42)41-14-4-5-28(41)32(43)37-23(2)25-6-8-26(9-7-25)31-24(3)36-21-45-31;1-3-2/h6-9,17,21-23,28,35H,4-5,10-16,18-20H2,1-3H3,(H,37,43);3H2,1-2H3. The van der Waals surface area contributed by atoms with Crippen molar-refractivity contribution in [1.82, 2.24) is 30.6 Å². The number of aromatic nitrogens is 2. The molecule has 0 spiro atoms. The predicted octanol–water partition coefficient (Wildman–Crippen LogP) is 5.54. The Hall–Kier alpha value is -3.35. The maximum Gasteiger partial charge on any atom is 0.243 e. The van der Waals surface area contributed by atoms with Crippen molar-refractivity contribution in [2.75, 3.05) is 50.7 Å². The van der Waals surface area contributed by atoms with Gasteiger partial charge in [-0.1, -0.05) is 49.7 Å². The highest BCUT2D eigenvalue weighted by atomic mass is 32.1. The molecule has 3 saturated heterocycles. The molecule has 2 N–H and O–H groups in total. The lowest BCUT2D eigenvalue weighted by Gasteiger charge is -2.43. The number of benzene rings is 1. The number of hydrogen-bond donors (Lipinski definition) is 2. The zero-order valence-electron chi connectivity index (χ0n) is 29.1. The Labute approximate surface area is 288 Å². The van der Waals surface area contributed by atoms with Crippen molar-refractivity contribution in [3.8, 4) is 10.4 Å². The van der Waals surface area contributed by atoms with Crippen molar-refractivity contribution in [2.24, 2.45) is 0 Å². The largest absolute Gasteiger partial charge is 0.359 e. The quantitative estimate of drug-likeness (QED) is 0.304. The number of anilines is 1. The summed E-state index contributed by atoms with van der Waals surface area (Å²) in [5.41, 5.74) is 3.85. The number of aryl methyl sites for hydroxylation is 1. The summed E-state index contributed by atoms with van der Waals surface area (Å²) in [5, 5.41) is 10.6. The molecule has 3 fully saturated rings. The average molecular weight is 682 g/mol. The summed E-state index contributed by atoms with van der Waals surface area (Å²) >= 11 is 1.62. The van der Waals surface area contributed by atoms with Gasteiger partial charge in [0.2, 0.25) is 11.8 Å². The molecule has 3 aliphatic rings. The number of rotatable bonds is 9. The highest BCUT2D eigenvalue weighted by molar-refractivity contribution is 7.13. The van der Waals surface area contributed by atoms with E-state index in [1.54, 1.807) is 16.2 Å². The van der Waals surface area contributed by atoms with Crippen molar-refractivity contribution in [3.63, 3.8) is 0 Å². The van der Waals surface area contributed by atoms with Crippen LogP contribution >= 0.6 is 11.3 Å². The molecule has 2 aromatic heterocycles. The first kappa shape index (κ1) is 35.9. The summed E-state index contributed by atoms with van der Waals surface area (Å²) in [6.07, 6.45) is 3.83. The van der Waals surface area contributed by atoms with Gasteiger partial charge >= 0.3 is 0 Å². The number of piperidine rings is 1. The van der Waals surface area contributed by atoms with Gasteiger partial charge in [0.05, 0.1) is 28.5 Å². The van der Waals surface area contributed by atoms with Gasteiger partial charge in [0, 0.05) is 44.8 Å². The number of nitrogens with one attached hydrogen (secondary N) is 2. The lowest BCUT2D eigenvalue weighted by Crippen LogP contribution is -2.57. The molecule has 3 aliphatic heterocycles. The van der Waals surface area contributed by atoms with Crippen LogP contribution in [0.25, 0.3) is 10.4 Å². The zero-order valence-corrected chi connectivity index (χ0v) is 30.0. The molecule has 2 amide bonds. The Bertz CT molecular complexity index is 1490. The van der Waals surface area contributed by atoms with E-state index in [0.29, 0.717) is 50.5 Å². The number of piperazine rings is 1. The number of carbonyl (C=O) groups is 2. The van der Waals surface area contributed by atoms with Crippen LogP contribution in [0, 0.1) is 6.92 Å². The minimum atomic E-state index is -1.13. The van der Waals surface area contributed by atoms with Crippen molar-refractivity contribution in [1.29, 1.82) is 0 Å². The van der Waals surface area contributed by atoms with Crippen LogP contribution in [0.5, 0.6) is 0 Å². The molecule has 1 aromatic carbocycles. The third-order valence-corrected chi connectivity index (χ3v) is 10.6.